The fraction of sp³-hybridized carbons (Fsp3) is 0.750. The molecule has 168 valence electrons. The lowest BCUT2D eigenvalue weighted by Gasteiger charge is -2.48. The second-order valence-electron chi connectivity index (χ2n) is 10.8. The predicted molar refractivity (Wildman–Crippen MR) is 111 cm³/mol. The first-order valence-corrected chi connectivity index (χ1v) is 11.8. The third kappa shape index (κ3) is 2.78. The van der Waals surface area contributed by atoms with Crippen LogP contribution in [0.15, 0.2) is 22.8 Å². The van der Waals surface area contributed by atoms with Crippen molar-refractivity contribution in [3.63, 3.8) is 0 Å². The summed E-state index contributed by atoms with van der Waals surface area (Å²) >= 11 is 0. The van der Waals surface area contributed by atoms with E-state index >= 15 is 0 Å². The maximum absolute atomic E-state index is 12.9. The average Bonchev–Trinajstić information content (AvgIpc) is 3.06. The summed E-state index contributed by atoms with van der Waals surface area (Å²) in [5, 5.41) is 0. The van der Waals surface area contributed by atoms with E-state index in [1.807, 2.05) is 4.90 Å². The molecule has 5 aliphatic rings. The number of carbonyl (C=O) groups excluding carboxylic acids is 2. The van der Waals surface area contributed by atoms with Gasteiger partial charge in [0.25, 0.3) is 5.91 Å². The van der Waals surface area contributed by atoms with Crippen molar-refractivity contribution in [2.75, 3.05) is 32.7 Å². The van der Waals surface area contributed by atoms with Crippen LogP contribution in [0.2, 0.25) is 0 Å². The molecule has 1 spiro atoms. The van der Waals surface area contributed by atoms with Gasteiger partial charge in [-0.15, -0.1) is 0 Å². The highest BCUT2D eigenvalue weighted by molar-refractivity contribution is 5.91. The fourth-order valence-corrected chi connectivity index (χ4v) is 7.34. The number of epoxide rings is 1. The standard InChI is InChI=1S/C24H32N2O5/c1-22-6-4-7-23(2)24(22,31-23)13-16-17(21(28)30-19(16)14-22)15-25-8-10-26(11-9-25)20(27)18-5-3-12-29-18/h3,5,12,16-17,19H,4,6-11,13-15H2,1-2H3/t16-,17+,19-,22-,23-,24+/m1/s1. The van der Waals surface area contributed by atoms with Crippen molar-refractivity contribution in [2.45, 2.75) is 63.3 Å². The lowest BCUT2D eigenvalue weighted by atomic mass is 9.53. The third-order valence-electron chi connectivity index (χ3n) is 9.16. The van der Waals surface area contributed by atoms with Gasteiger partial charge in [0.05, 0.1) is 17.8 Å². The van der Waals surface area contributed by atoms with Gasteiger partial charge in [-0.2, -0.15) is 0 Å². The normalized spacial score (nSPS) is 44.3. The Balaban J connectivity index is 1.12. The number of amides is 1. The van der Waals surface area contributed by atoms with Crippen LogP contribution in [0.25, 0.3) is 0 Å². The third-order valence-corrected chi connectivity index (χ3v) is 9.16. The van der Waals surface area contributed by atoms with Crippen molar-refractivity contribution >= 4 is 11.9 Å². The molecule has 2 aliphatic carbocycles. The SMILES string of the molecule is C[C@]12CCC[C@@]3(C)O[C@@]13C[C@@H]1[C@H](CN3CCN(C(=O)c4ccco4)CC3)C(=O)O[C@@H]1C2. The van der Waals surface area contributed by atoms with Gasteiger partial charge in [0.2, 0.25) is 0 Å². The van der Waals surface area contributed by atoms with Crippen LogP contribution in [0.4, 0.5) is 0 Å². The number of fused-ring (bicyclic) bond motifs is 1. The van der Waals surface area contributed by atoms with Crippen molar-refractivity contribution in [3.8, 4) is 0 Å². The van der Waals surface area contributed by atoms with Crippen LogP contribution in [0.5, 0.6) is 0 Å². The van der Waals surface area contributed by atoms with Gasteiger partial charge in [-0.1, -0.05) is 6.92 Å². The lowest BCUT2D eigenvalue weighted by molar-refractivity contribution is -0.146. The zero-order valence-corrected chi connectivity index (χ0v) is 18.5. The van der Waals surface area contributed by atoms with Crippen molar-refractivity contribution in [1.82, 2.24) is 9.80 Å². The summed E-state index contributed by atoms with van der Waals surface area (Å²) in [5.41, 5.74) is 0.0347. The first-order chi connectivity index (χ1) is 14.8. The van der Waals surface area contributed by atoms with Gasteiger partial charge in [0.1, 0.15) is 11.7 Å². The van der Waals surface area contributed by atoms with Gasteiger partial charge >= 0.3 is 5.97 Å². The lowest BCUT2D eigenvalue weighted by Crippen LogP contribution is -2.54. The Hall–Kier alpha value is -1.86. The summed E-state index contributed by atoms with van der Waals surface area (Å²) in [6, 6.07) is 3.44. The maximum atomic E-state index is 12.9. The maximum Gasteiger partial charge on any atom is 0.310 e. The molecule has 7 heteroatoms. The zero-order chi connectivity index (χ0) is 21.4. The highest BCUT2D eigenvalue weighted by Gasteiger charge is 2.79. The highest BCUT2D eigenvalue weighted by atomic mass is 16.6. The smallest absolute Gasteiger partial charge is 0.310 e. The average molecular weight is 429 g/mol. The molecule has 0 unspecified atom stereocenters. The van der Waals surface area contributed by atoms with E-state index in [0.717, 1.165) is 32.4 Å². The Morgan fingerprint density at radius 1 is 1.16 bits per heavy atom. The van der Waals surface area contributed by atoms with E-state index in [4.69, 9.17) is 13.9 Å². The van der Waals surface area contributed by atoms with Gasteiger partial charge in [-0.05, 0) is 51.2 Å². The molecule has 6 rings (SSSR count). The van der Waals surface area contributed by atoms with Crippen molar-refractivity contribution in [1.29, 1.82) is 0 Å². The van der Waals surface area contributed by atoms with Gasteiger partial charge < -0.3 is 18.8 Å². The number of hydrogen-bond acceptors (Lipinski definition) is 6. The molecule has 1 aromatic rings. The largest absolute Gasteiger partial charge is 0.462 e. The number of carbonyl (C=O) groups is 2. The van der Waals surface area contributed by atoms with Crippen LogP contribution in [-0.2, 0) is 14.3 Å². The molecule has 4 heterocycles. The Morgan fingerprint density at radius 3 is 2.71 bits per heavy atom. The van der Waals surface area contributed by atoms with E-state index in [2.05, 4.69) is 18.7 Å². The number of piperazine rings is 1. The number of esters is 1. The monoisotopic (exact) mass is 428 g/mol. The fourth-order valence-electron chi connectivity index (χ4n) is 7.34. The van der Waals surface area contributed by atoms with Crippen molar-refractivity contribution in [2.24, 2.45) is 17.3 Å². The molecule has 3 aliphatic heterocycles. The molecule has 31 heavy (non-hydrogen) atoms. The van der Waals surface area contributed by atoms with Crippen LogP contribution in [-0.4, -0.2) is 71.7 Å². The van der Waals surface area contributed by atoms with E-state index in [0.29, 0.717) is 25.4 Å². The van der Waals surface area contributed by atoms with Crippen LogP contribution in [0.3, 0.4) is 0 Å². The molecule has 2 saturated carbocycles. The molecule has 6 atom stereocenters. The van der Waals surface area contributed by atoms with Crippen LogP contribution in [0, 0.1) is 17.3 Å². The molecule has 7 nitrogen and oxygen atoms in total. The van der Waals surface area contributed by atoms with Crippen LogP contribution < -0.4 is 0 Å². The van der Waals surface area contributed by atoms with E-state index in [-0.39, 0.29) is 46.4 Å². The summed E-state index contributed by atoms with van der Waals surface area (Å²) in [7, 11) is 0. The molecule has 0 bridgehead atoms. The molecule has 1 aromatic heterocycles. The van der Waals surface area contributed by atoms with E-state index in [9.17, 15) is 9.59 Å². The highest BCUT2D eigenvalue weighted by Crippen LogP contribution is 2.72. The summed E-state index contributed by atoms with van der Waals surface area (Å²) < 4.78 is 17.7. The van der Waals surface area contributed by atoms with E-state index < -0.39 is 0 Å². The summed E-state index contributed by atoms with van der Waals surface area (Å²) in [4.78, 5) is 29.5. The molecule has 3 saturated heterocycles. The Morgan fingerprint density at radius 2 is 1.97 bits per heavy atom. The minimum atomic E-state index is -0.0911. The van der Waals surface area contributed by atoms with Gasteiger partial charge in [0, 0.05) is 44.1 Å². The minimum absolute atomic E-state index is 0.0149. The number of nitrogens with zero attached hydrogens (tertiary/aromatic N) is 2. The number of furan rings is 1. The van der Waals surface area contributed by atoms with Gasteiger partial charge in [-0.25, -0.2) is 0 Å². The van der Waals surface area contributed by atoms with Crippen LogP contribution in [0.1, 0.15) is 56.5 Å². The molecule has 1 amide bonds. The minimum Gasteiger partial charge on any atom is -0.462 e. The number of hydrogen-bond donors (Lipinski definition) is 0. The first-order valence-electron chi connectivity index (χ1n) is 11.8. The van der Waals surface area contributed by atoms with Gasteiger partial charge in [-0.3, -0.25) is 14.5 Å². The zero-order valence-electron chi connectivity index (χ0n) is 18.5. The van der Waals surface area contributed by atoms with E-state index in [1.54, 1.807) is 12.1 Å². The Kier molecular flexibility index (Phi) is 4.20. The van der Waals surface area contributed by atoms with E-state index in [1.165, 1.54) is 19.1 Å². The van der Waals surface area contributed by atoms with Crippen LogP contribution >= 0.6 is 0 Å². The predicted octanol–water partition coefficient (Wildman–Crippen LogP) is 2.71. The summed E-state index contributed by atoms with van der Waals surface area (Å²) in [5.74, 6) is 0.443. The first kappa shape index (κ1) is 19.8. The molecule has 0 N–H and O–H groups in total. The molecule has 0 aromatic carbocycles. The van der Waals surface area contributed by atoms with Gasteiger partial charge in [0.15, 0.2) is 5.76 Å². The Labute approximate surface area is 183 Å². The second kappa shape index (κ2) is 6.58. The summed E-state index contributed by atoms with van der Waals surface area (Å²) in [6.45, 7) is 8.18. The second-order valence-corrected chi connectivity index (χ2v) is 10.8. The Bertz CT molecular complexity index is 894. The summed E-state index contributed by atoms with van der Waals surface area (Å²) in [6.07, 6.45) is 6.93. The quantitative estimate of drug-likeness (QED) is 0.544. The molecular weight excluding hydrogens is 396 g/mol. The molecular formula is C24H32N2O5. The topological polar surface area (TPSA) is 75.5 Å². The van der Waals surface area contributed by atoms with Crippen molar-refractivity contribution < 1.29 is 23.5 Å². The molecule has 0 radical (unpaired) electrons. The number of ether oxygens (including phenoxy) is 2. The number of rotatable bonds is 3. The van der Waals surface area contributed by atoms with Crippen molar-refractivity contribution in [3.05, 3.63) is 24.2 Å². The molecule has 5 fully saturated rings.